The number of thioether (sulfide) groups is 1. The molecule has 2 N–H and O–H groups in total. The van der Waals surface area contributed by atoms with E-state index in [0.717, 1.165) is 4.90 Å². The number of methoxy groups -OCH3 is 1. The normalized spacial score (nSPS) is 12.1. The predicted molar refractivity (Wildman–Crippen MR) is 70.5 cm³/mol. The van der Waals surface area contributed by atoms with Crippen LogP contribution in [0.5, 0.6) is 0 Å². The van der Waals surface area contributed by atoms with Gasteiger partial charge in [0.2, 0.25) is 5.91 Å². The number of rotatable bonds is 8. The molecule has 100 valence electrons. The first-order valence-corrected chi connectivity index (χ1v) is 6.67. The van der Waals surface area contributed by atoms with E-state index >= 15 is 0 Å². The van der Waals surface area contributed by atoms with Gasteiger partial charge in [-0.3, -0.25) is 9.78 Å². The van der Waals surface area contributed by atoms with E-state index in [0.29, 0.717) is 25.3 Å². The van der Waals surface area contributed by atoms with Gasteiger partial charge < -0.3 is 15.2 Å². The Bertz CT molecular complexity index is 348. The molecule has 0 saturated carbocycles. The molecule has 1 rings (SSSR count). The summed E-state index contributed by atoms with van der Waals surface area (Å²) >= 11 is 1.46. The topological polar surface area (TPSA) is 71.5 Å². The molecule has 0 fully saturated rings. The zero-order valence-electron chi connectivity index (χ0n) is 10.3. The van der Waals surface area contributed by atoms with Crippen molar-refractivity contribution in [2.24, 2.45) is 0 Å². The molecule has 1 heterocycles. The average Bonchev–Trinajstić information content (AvgIpc) is 2.38. The second-order valence-electron chi connectivity index (χ2n) is 3.72. The smallest absolute Gasteiger partial charge is 0.230 e. The van der Waals surface area contributed by atoms with Gasteiger partial charge in [-0.1, -0.05) is 0 Å². The van der Waals surface area contributed by atoms with Crippen molar-refractivity contribution in [3.8, 4) is 0 Å². The Hall–Kier alpha value is -1.11. The standard InChI is InChI=1S/C12H18N2O3S/c1-17-8-10(15)2-7-14-12(16)9-18-11-3-5-13-6-4-11/h3-6,10,15H,2,7-9H2,1H3,(H,14,16). The zero-order valence-corrected chi connectivity index (χ0v) is 11.2. The molecule has 0 saturated heterocycles. The fraction of sp³-hybridized carbons (Fsp3) is 0.500. The molecule has 0 aliphatic heterocycles. The average molecular weight is 270 g/mol. The van der Waals surface area contributed by atoms with Crippen LogP contribution in [-0.2, 0) is 9.53 Å². The minimum Gasteiger partial charge on any atom is -0.391 e. The summed E-state index contributed by atoms with van der Waals surface area (Å²) in [6.45, 7) is 0.752. The van der Waals surface area contributed by atoms with Crippen LogP contribution in [0, 0.1) is 0 Å². The van der Waals surface area contributed by atoms with Crippen LogP contribution in [0.2, 0.25) is 0 Å². The molecule has 0 aromatic carbocycles. The number of hydrogen-bond donors (Lipinski definition) is 2. The highest BCUT2D eigenvalue weighted by Crippen LogP contribution is 2.15. The molecule has 0 spiro atoms. The monoisotopic (exact) mass is 270 g/mol. The van der Waals surface area contributed by atoms with E-state index in [1.165, 1.54) is 18.9 Å². The van der Waals surface area contributed by atoms with Gasteiger partial charge in [0.1, 0.15) is 0 Å². The van der Waals surface area contributed by atoms with Gasteiger partial charge in [0, 0.05) is 30.9 Å². The summed E-state index contributed by atoms with van der Waals surface area (Å²) in [5, 5.41) is 12.1. The molecule has 0 bridgehead atoms. The minimum absolute atomic E-state index is 0.0403. The molecule has 1 amide bonds. The molecule has 5 nitrogen and oxygen atoms in total. The minimum atomic E-state index is -0.525. The van der Waals surface area contributed by atoms with Crippen LogP contribution < -0.4 is 5.32 Å². The largest absolute Gasteiger partial charge is 0.391 e. The molecule has 0 aliphatic rings. The third kappa shape index (κ3) is 6.58. The molecular weight excluding hydrogens is 252 g/mol. The van der Waals surface area contributed by atoms with Crippen LogP contribution >= 0.6 is 11.8 Å². The number of aromatic nitrogens is 1. The number of nitrogens with one attached hydrogen (secondary N) is 1. The van der Waals surface area contributed by atoms with Crippen LogP contribution in [0.15, 0.2) is 29.4 Å². The maximum Gasteiger partial charge on any atom is 0.230 e. The summed E-state index contributed by atoms with van der Waals surface area (Å²) in [6.07, 6.45) is 3.37. The number of pyridine rings is 1. The summed E-state index contributed by atoms with van der Waals surface area (Å²) < 4.78 is 4.79. The number of carbonyl (C=O) groups excluding carboxylic acids is 1. The Balaban J connectivity index is 2.11. The molecule has 6 heteroatoms. The maximum atomic E-state index is 11.5. The molecule has 0 radical (unpaired) electrons. The second-order valence-corrected chi connectivity index (χ2v) is 4.77. The first-order valence-electron chi connectivity index (χ1n) is 5.69. The van der Waals surface area contributed by atoms with Crippen LogP contribution in [0.1, 0.15) is 6.42 Å². The lowest BCUT2D eigenvalue weighted by Crippen LogP contribution is -2.29. The van der Waals surface area contributed by atoms with Gasteiger partial charge in [-0.05, 0) is 18.6 Å². The van der Waals surface area contributed by atoms with Crippen LogP contribution in [0.3, 0.4) is 0 Å². The lowest BCUT2D eigenvalue weighted by atomic mass is 10.3. The Labute approximate surface area is 111 Å². The fourth-order valence-electron chi connectivity index (χ4n) is 1.29. The molecule has 1 aromatic heterocycles. The maximum absolute atomic E-state index is 11.5. The number of ether oxygens (including phenoxy) is 1. The van der Waals surface area contributed by atoms with E-state index in [-0.39, 0.29) is 5.91 Å². The van der Waals surface area contributed by atoms with Crippen molar-refractivity contribution >= 4 is 17.7 Å². The highest BCUT2D eigenvalue weighted by Gasteiger charge is 2.05. The van der Waals surface area contributed by atoms with Gasteiger partial charge >= 0.3 is 0 Å². The lowest BCUT2D eigenvalue weighted by Gasteiger charge is -2.09. The lowest BCUT2D eigenvalue weighted by molar-refractivity contribution is -0.118. The van der Waals surface area contributed by atoms with Crippen molar-refractivity contribution in [3.63, 3.8) is 0 Å². The van der Waals surface area contributed by atoms with E-state index in [1.54, 1.807) is 12.4 Å². The third-order valence-corrected chi connectivity index (χ3v) is 3.19. The number of carbonyl (C=O) groups is 1. The summed E-state index contributed by atoms with van der Waals surface area (Å²) in [7, 11) is 1.53. The van der Waals surface area contributed by atoms with Crippen LogP contribution in [-0.4, -0.2) is 48.1 Å². The Kier molecular flexibility index (Phi) is 7.40. The highest BCUT2D eigenvalue weighted by molar-refractivity contribution is 8.00. The number of amides is 1. The molecule has 1 atom stereocenters. The van der Waals surface area contributed by atoms with Crippen molar-refractivity contribution in [2.75, 3.05) is 26.0 Å². The fourth-order valence-corrected chi connectivity index (χ4v) is 2.00. The summed E-state index contributed by atoms with van der Waals surface area (Å²) in [5.41, 5.74) is 0. The number of aliphatic hydroxyl groups is 1. The summed E-state index contributed by atoms with van der Waals surface area (Å²) in [6, 6.07) is 3.72. The Morgan fingerprint density at radius 1 is 1.56 bits per heavy atom. The van der Waals surface area contributed by atoms with Crippen molar-refractivity contribution < 1.29 is 14.6 Å². The van der Waals surface area contributed by atoms with Crippen molar-refractivity contribution in [3.05, 3.63) is 24.5 Å². The van der Waals surface area contributed by atoms with Gasteiger partial charge in [0.25, 0.3) is 0 Å². The molecule has 18 heavy (non-hydrogen) atoms. The van der Waals surface area contributed by atoms with Crippen LogP contribution in [0.4, 0.5) is 0 Å². The van der Waals surface area contributed by atoms with Crippen LogP contribution in [0.25, 0.3) is 0 Å². The van der Waals surface area contributed by atoms with E-state index in [9.17, 15) is 9.90 Å². The molecular formula is C12H18N2O3S. The third-order valence-electron chi connectivity index (χ3n) is 2.18. The van der Waals surface area contributed by atoms with Crippen molar-refractivity contribution in [1.29, 1.82) is 0 Å². The van der Waals surface area contributed by atoms with Gasteiger partial charge in [-0.2, -0.15) is 0 Å². The summed E-state index contributed by atoms with van der Waals surface area (Å²) in [5.74, 6) is 0.325. The van der Waals surface area contributed by atoms with Gasteiger partial charge in [-0.25, -0.2) is 0 Å². The SMILES string of the molecule is COCC(O)CCNC(=O)CSc1ccncc1. The van der Waals surface area contributed by atoms with E-state index in [4.69, 9.17) is 4.74 Å². The number of nitrogens with zero attached hydrogens (tertiary/aromatic N) is 1. The number of aliphatic hydroxyl groups excluding tert-OH is 1. The van der Waals surface area contributed by atoms with Crippen molar-refractivity contribution in [2.45, 2.75) is 17.4 Å². The summed E-state index contributed by atoms with van der Waals surface area (Å²) in [4.78, 5) is 16.4. The van der Waals surface area contributed by atoms with Gasteiger partial charge in [0.05, 0.1) is 18.5 Å². The first kappa shape index (κ1) is 14.9. The number of hydrogen-bond acceptors (Lipinski definition) is 5. The van der Waals surface area contributed by atoms with E-state index < -0.39 is 6.10 Å². The first-order chi connectivity index (χ1) is 8.72. The van der Waals surface area contributed by atoms with E-state index in [1.807, 2.05) is 12.1 Å². The quantitative estimate of drug-likeness (QED) is 0.680. The molecule has 1 unspecified atom stereocenters. The highest BCUT2D eigenvalue weighted by atomic mass is 32.2. The molecule has 0 aliphatic carbocycles. The zero-order chi connectivity index (χ0) is 13.2. The second kappa shape index (κ2) is 8.91. The predicted octanol–water partition coefficient (Wildman–Crippen LogP) is 0.687. The Morgan fingerprint density at radius 2 is 2.28 bits per heavy atom. The van der Waals surface area contributed by atoms with Gasteiger partial charge in [-0.15, -0.1) is 11.8 Å². The molecule has 1 aromatic rings. The van der Waals surface area contributed by atoms with Gasteiger partial charge in [0.15, 0.2) is 0 Å². The van der Waals surface area contributed by atoms with E-state index in [2.05, 4.69) is 10.3 Å². The van der Waals surface area contributed by atoms with Crippen molar-refractivity contribution in [1.82, 2.24) is 10.3 Å². The Morgan fingerprint density at radius 3 is 2.94 bits per heavy atom.